The fourth-order valence-electron chi connectivity index (χ4n) is 3.48. The number of nitrogens with one attached hydrogen (secondary N) is 1. The molecule has 0 aliphatic rings. The summed E-state index contributed by atoms with van der Waals surface area (Å²) < 4.78 is 3.20. The molecule has 1 aromatic heterocycles. The summed E-state index contributed by atoms with van der Waals surface area (Å²) in [4.78, 5) is 17.2. The van der Waals surface area contributed by atoms with Gasteiger partial charge in [-0.15, -0.1) is 0 Å². The van der Waals surface area contributed by atoms with Gasteiger partial charge >= 0.3 is 0 Å². The zero-order valence-electron chi connectivity index (χ0n) is 16.2. The van der Waals surface area contributed by atoms with Gasteiger partial charge in [-0.1, -0.05) is 57.9 Å². The van der Waals surface area contributed by atoms with E-state index in [-0.39, 0.29) is 5.91 Å². The minimum atomic E-state index is -0.0705. The number of rotatable bonds is 6. The van der Waals surface area contributed by atoms with Crippen LogP contribution in [0.3, 0.4) is 0 Å². The highest BCUT2D eigenvalue weighted by molar-refractivity contribution is 9.10. The van der Waals surface area contributed by atoms with Crippen LogP contribution in [0.5, 0.6) is 0 Å². The minimum absolute atomic E-state index is 0.0705. The molecular weight excluding hydrogens is 426 g/mol. The summed E-state index contributed by atoms with van der Waals surface area (Å²) in [7, 11) is 0. The normalized spacial score (nSPS) is 11.0. The highest BCUT2D eigenvalue weighted by Crippen LogP contribution is 2.19. The number of carbonyl (C=O) groups is 1. The fraction of sp³-hybridized carbons (Fsp3) is 0.167. The number of fused-ring (bicyclic) bond motifs is 1. The second-order valence-corrected chi connectivity index (χ2v) is 8.02. The van der Waals surface area contributed by atoms with Gasteiger partial charge in [-0.3, -0.25) is 4.79 Å². The Hall–Kier alpha value is -2.92. The molecule has 29 heavy (non-hydrogen) atoms. The van der Waals surface area contributed by atoms with Crippen molar-refractivity contribution in [2.45, 2.75) is 19.9 Å². The largest absolute Gasteiger partial charge is 0.352 e. The van der Waals surface area contributed by atoms with Gasteiger partial charge in [0.25, 0.3) is 5.91 Å². The maximum absolute atomic E-state index is 12.4. The number of aryl methyl sites for hydroxylation is 1. The van der Waals surface area contributed by atoms with E-state index in [2.05, 4.69) is 63.1 Å². The van der Waals surface area contributed by atoms with Crippen molar-refractivity contribution in [1.82, 2.24) is 14.9 Å². The van der Waals surface area contributed by atoms with Gasteiger partial charge in [-0.05, 0) is 48.9 Å². The lowest BCUT2D eigenvalue weighted by Crippen LogP contribution is -2.26. The highest BCUT2D eigenvalue weighted by Gasteiger charge is 2.12. The molecule has 1 N–H and O–H groups in total. The van der Waals surface area contributed by atoms with Gasteiger partial charge in [-0.2, -0.15) is 0 Å². The molecule has 0 aliphatic heterocycles. The third-order valence-corrected chi connectivity index (χ3v) is 5.43. The van der Waals surface area contributed by atoms with Crippen molar-refractivity contribution in [2.75, 3.05) is 6.54 Å². The van der Waals surface area contributed by atoms with Crippen LogP contribution in [0, 0.1) is 6.92 Å². The Morgan fingerprint density at radius 3 is 2.62 bits per heavy atom. The maximum atomic E-state index is 12.4. The van der Waals surface area contributed by atoms with Crippen LogP contribution in [0.1, 0.15) is 27.3 Å². The molecule has 3 aromatic carbocycles. The zero-order chi connectivity index (χ0) is 20.2. The third kappa shape index (κ3) is 4.57. The van der Waals surface area contributed by atoms with E-state index in [1.165, 1.54) is 11.1 Å². The molecule has 5 heteroatoms. The maximum Gasteiger partial charge on any atom is 0.251 e. The number of aromatic nitrogens is 2. The minimum Gasteiger partial charge on any atom is -0.352 e. The number of amides is 1. The van der Waals surface area contributed by atoms with Crippen LogP contribution in [0.15, 0.2) is 77.3 Å². The number of imidazole rings is 1. The van der Waals surface area contributed by atoms with E-state index in [0.717, 1.165) is 27.9 Å². The highest BCUT2D eigenvalue weighted by atomic mass is 79.9. The first-order valence-corrected chi connectivity index (χ1v) is 10.4. The van der Waals surface area contributed by atoms with Crippen LogP contribution in [-0.4, -0.2) is 22.0 Å². The van der Waals surface area contributed by atoms with Crippen molar-refractivity contribution in [2.24, 2.45) is 0 Å². The third-order valence-electron chi connectivity index (χ3n) is 4.90. The molecule has 1 amide bonds. The lowest BCUT2D eigenvalue weighted by Gasteiger charge is -2.11. The monoisotopic (exact) mass is 447 g/mol. The van der Waals surface area contributed by atoms with Gasteiger partial charge in [0.1, 0.15) is 5.82 Å². The lowest BCUT2D eigenvalue weighted by atomic mass is 10.1. The van der Waals surface area contributed by atoms with Gasteiger partial charge < -0.3 is 9.88 Å². The smallest absolute Gasteiger partial charge is 0.251 e. The summed E-state index contributed by atoms with van der Waals surface area (Å²) in [6.45, 7) is 3.40. The summed E-state index contributed by atoms with van der Waals surface area (Å²) in [6, 6.07) is 24.1. The van der Waals surface area contributed by atoms with Gasteiger partial charge in [0, 0.05) is 29.5 Å². The first-order valence-electron chi connectivity index (χ1n) is 9.63. The summed E-state index contributed by atoms with van der Waals surface area (Å²) in [5.41, 5.74) is 5.24. The van der Waals surface area contributed by atoms with Crippen LogP contribution in [0.25, 0.3) is 11.0 Å². The number of nitrogens with zero attached hydrogens (tertiary/aromatic N) is 2. The molecule has 0 fully saturated rings. The van der Waals surface area contributed by atoms with Crippen LogP contribution >= 0.6 is 15.9 Å². The number of carbonyl (C=O) groups excluding carboxylic acids is 1. The SMILES string of the molecule is Cc1cccc(Cn2c(CCNC(=O)c3ccc(Br)cc3)nc3ccccc32)c1. The predicted molar refractivity (Wildman–Crippen MR) is 120 cm³/mol. The van der Waals surface area contributed by atoms with E-state index in [1.54, 1.807) is 0 Å². The quantitative estimate of drug-likeness (QED) is 0.445. The molecule has 0 spiro atoms. The molecule has 0 radical (unpaired) electrons. The topological polar surface area (TPSA) is 46.9 Å². The van der Waals surface area contributed by atoms with E-state index in [4.69, 9.17) is 4.98 Å². The fourth-order valence-corrected chi connectivity index (χ4v) is 3.74. The molecule has 4 aromatic rings. The summed E-state index contributed by atoms with van der Waals surface area (Å²) in [6.07, 6.45) is 0.669. The van der Waals surface area contributed by atoms with E-state index in [9.17, 15) is 4.79 Å². The second-order valence-electron chi connectivity index (χ2n) is 7.10. The average molecular weight is 448 g/mol. The molecule has 4 nitrogen and oxygen atoms in total. The molecule has 1 heterocycles. The van der Waals surface area contributed by atoms with Crippen molar-refractivity contribution in [3.8, 4) is 0 Å². The number of benzene rings is 3. The first kappa shape index (κ1) is 19.4. The molecule has 0 bridgehead atoms. The van der Waals surface area contributed by atoms with Gasteiger partial charge in [-0.25, -0.2) is 4.98 Å². The van der Waals surface area contributed by atoms with Gasteiger partial charge in [0.2, 0.25) is 0 Å². The summed E-state index contributed by atoms with van der Waals surface area (Å²) in [5, 5.41) is 3.00. The van der Waals surface area contributed by atoms with Crippen LogP contribution in [0.2, 0.25) is 0 Å². The van der Waals surface area contributed by atoms with E-state index < -0.39 is 0 Å². The number of para-hydroxylation sites is 2. The predicted octanol–water partition coefficient (Wildman–Crippen LogP) is 5.13. The van der Waals surface area contributed by atoms with E-state index >= 15 is 0 Å². The van der Waals surface area contributed by atoms with Crippen LogP contribution in [-0.2, 0) is 13.0 Å². The lowest BCUT2D eigenvalue weighted by molar-refractivity contribution is 0.0954. The Balaban J connectivity index is 1.52. The van der Waals surface area contributed by atoms with E-state index in [1.807, 2.05) is 42.5 Å². The summed E-state index contributed by atoms with van der Waals surface area (Å²) in [5.74, 6) is 0.905. The first-order chi connectivity index (χ1) is 14.1. The molecule has 0 atom stereocenters. The Kier molecular flexibility index (Phi) is 5.76. The Bertz CT molecular complexity index is 1150. The van der Waals surface area contributed by atoms with Crippen LogP contribution < -0.4 is 5.32 Å². The van der Waals surface area contributed by atoms with Crippen LogP contribution in [0.4, 0.5) is 0 Å². The van der Waals surface area contributed by atoms with Crippen molar-refractivity contribution in [1.29, 1.82) is 0 Å². The molecule has 4 rings (SSSR count). The standard InChI is InChI=1S/C24H22BrN3O/c1-17-5-4-6-18(15-17)16-28-22-8-3-2-7-21(22)27-23(28)13-14-26-24(29)19-9-11-20(25)12-10-19/h2-12,15H,13-14,16H2,1H3,(H,26,29). The Morgan fingerprint density at radius 1 is 1.03 bits per heavy atom. The van der Waals surface area contributed by atoms with Crippen molar-refractivity contribution < 1.29 is 4.79 Å². The molecule has 0 aliphatic carbocycles. The van der Waals surface area contributed by atoms with Crippen molar-refractivity contribution in [3.05, 3.63) is 99.8 Å². The molecule has 0 unspecified atom stereocenters. The van der Waals surface area contributed by atoms with Gasteiger partial charge in [0.05, 0.1) is 11.0 Å². The number of halogens is 1. The number of hydrogen-bond donors (Lipinski definition) is 1. The Labute approximate surface area is 178 Å². The average Bonchev–Trinajstić information content (AvgIpc) is 3.06. The van der Waals surface area contributed by atoms with Gasteiger partial charge in [0.15, 0.2) is 0 Å². The van der Waals surface area contributed by atoms with Crippen molar-refractivity contribution >= 4 is 32.9 Å². The Morgan fingerprint density at radius 2 is 1.83 bits per heavy atom. The second kappa shape index (κ2) is 8.62. The van der Waals surface area contributed by atoms with E-state index in [0.29, 0.717) is 18.5 Å². The molecule has 0 saturated carbocycles. The summed E-state index contributed by atoms with van der Waals surface area (Å²) >= 11 is 3.39. The molecular formula is C24H22BrN3O. The molecule has 146 valence electrons. The number of hydrogen-bond acceptors (Lipinski definition) is 2. The van der Waals surface area contributed by atoms with Crippen molar-refractivity contribution in [3.63, 3.8) is 0 Å². The molecule has 0 saturated heterocycles. The zero-order valence-corrected chi connectivity index (χ0v) is 17.8.